The van der Waals surface area contributed by atoms with E-state index in [1.54, 1.807) is 6.92 Å². The molecular formula is C9H12N2O4. The van der Waals surface area contributed by atoms with E-state index < -0.39 is 5.97 Å². The fourth-order valence-electron chi connectivity index (χ4n) is 1.10. The molecule has 15 heavy (non-hydrogen) atoms. The molecule has 2 N–H and O–H groups in total. The molecule has 0 aliphatic carbocycles. The van der Waals surface area contributed by atoms with Crippen LogP contribution in [0, 0.1) is 6.92 Å². The Hall–Kier alpha value is -1.85. The molecule has 0 spiro atoms. The number of carbonyl (C=O) groups is 1. The van der Waals surface area contributed by atoms with Gasteiger partial charge in [0.2, 0.25) is 5.88 Å². The summed E-state index contributed by atoms with van der Waals surface area (Å²) >= 11 is 0. The summed E-state index contributed by atoms with van der Waals surface area (Å²) in [6.45, 7) is 1.59. The molecular weight excluding hydrogens is 200 g/mol. The molecule has 0 atom stereocenters. The number of methoxy groups -OCH3 is 1. The molecule has 1 heterocycles. The summed E-state index contributed by atoms with van der Waals surface area (Å²) in [6.07, 6.45) is 0.108. The Bertz CT molecular complexity index is 425. The lowest BCUT2D eigenvalue weighted by Crippen LogP contribution is -2.16. The third kappa shape index (κ3) is 2.80. The maximum atomic E-state index is 11.3. The number of aryl methyl sites for hydroxylation is 1. The Balaban J connectivity index is 2.96. The predicted octanol–water partition coefficient (Wildman–Crippen LogP) is 0.104. The number of carboxylic acid groups (broad SMARTS) is 1. The number of carboxylic acids is 1. The molecule has 6 nitrogen and oxygen atoms in total. The van der Waals surface area contributed by atoms with E-state index in [0.717, 1.165) is 0 Å². The molecule has 0 radical (unpaired) electrons. The van der Waals surface area contributed by atoms with Gasteiger partial charge in [-0.25, -0.2) is 0 Å². The van der Waals surface area contributed by atoms with Crippen molar-refractivity contribution in [1.82, 2.24) is 9.97 Å². The quantitative estimate of drug-likeness (QED) is 0.738. The van der Waals surface area contributed by atoms with Crippen molar-refractivity contribution in [2.24, 2.45) is 0 Å². The number of nitrogens with zero attached hydrogens (tertiary/aromatic N) is 1. The lowest BCUT2D eigenvalue weighted by atomic mass is 10.3. The van der Waals surface area contributed by atoms with Gasteiger partial charge in [-0.2, -0.15) is 4.98 Å². The second kappa shape index (κ2) is 4.59. The molecule has 1 rings (SSSR count). The van der Waals surface area contributed by atoms with E-state index >= 15 is 0 Å². The molecule has 0 amide bonds. The first kappa shape index (κ1) is 11.2. The first-order chi connectivity index (χ1) is 7.04. The van der Waals surface area contributed by atoms with Crippen molar-refractivity contribution in [3.8, 4) is 5.88 Å². The van der Waals surface area contributed by atoms with Gasteiger partial charge in [-0.3, -0.25) is 9.59 Å². The fraction of sp³-hybridized carbons (Fsp3) is 0.444. The van der Waals surface area contributed by atoms with Gasteiger partial charge in [0, 0.05) is 6.42 Å². The van der Waals surface area contributed by atoms with Gasteiger partial charge in [-0.15, -0.1) is 0 Å². The van der Waals surface area contributed by atoms with Crippen LogP contribution in [0.1, 0.15) is 17.8 Å². The Morgan fingerprint density at radius 3 is 2.80 bits per heavy atom. The van der Waals surface area contributed by atoms with Gasteiger partial charge in [0.25, 0.3) is 5.56 Å². The Morgan fingerprint density at radius 1 is 1.60 bits per heavy atom. The van der Waals surface area contributed by atoms with Gasteiger partial charge in [0.1, 0.15) is 5.82 Å². The molecule has 0 saturated heterocycles. The van der Waals surface area contributed by atoms with Crippen LogP contribution in [-0.2, 0) is 11.2 Å². The average molecular weight is 212 g/mol. The second-order valence-electron chi connectivity index (χ2n) is 3.04. The Morgan fingerprint density at radius 2 is 2.27 bits per heavy atom. The van der Waals surface area contributed by atoms with Gasteiger partial charge >= 0.3 is 5.97 Å². The molecule has 0 saturated carbocycles. The van der Waals surface area contributed by atoms with Crippen molar-refractivity contribution in [2.45, 2.75) is 19.8 Å². The Labute approximate surface area is 85.9 Å². The zero-order chi connectivity index (χ0) is 11.4. The highest BCUT2D eigenvalue weighted by molar-refractivity contribution is 5.66. The lowest BCUT2D eigenvalue weighted by molar-refractivity contribution is -0.137. The molecule has 0 aliphatic rings. The summed E-state index contributed by atoms with van der Waals surface area (Å²) in [5.41, 5.74) is 0.0822. The highest BCUT2D eigenvalue weighted by Gasteiger charge is 2.08. The number of nitrogens with one attached hydrogen (secondary N) is 1. The summed E-state index contributed by atoms with van der Waals surface area (Å²) in [6, 6.07) is 0. The van der Waals surface area contributed by atoms with Crippen LogP contribution in [-0.4, -0.2) is 28.2 Å². The van der Waals surface area contributed by atoms with Gasteiger partial charge in [0.05, 0.1) is 19.1 Å². The van der Waals surface area contributed by atoms with Crippen LogP contribution in [0.5, 0.6) is 5.88 Å². The standard InChI is InChI=1S/C9H12N2O4/c1-5-8(14)10-6(3-4-7(12)13)11-9(5)15-2/h3-4H2,1-2H3,(H,12,13)(H,10,11,14). The minimum atomic E-state index is -0.933. The highest BCUT2D eigenvalue weighted by Crippen LogP contribution is 2.08. The minimum Gasteiger partial charge on any atom is -0.481 e. The average Bonchev–Trinajstić information content (AvgIpc) is 2.19. The Kier molecular flexibility index (Phi) is 3.43. The third-order valence-electron chi connectivity index (χ3n) is 1.92. The molecule has 0 aromatic carbocycles. The summed E-state index contributed by atoms with van der Waals surface area (Å²) in [4.78, 5) is 28.1. The van der Waals surface area contributed by atoms with Gasteiger partial charge < -0.3 is 14.8 Å². The van der Waals surface area contributed by atoms with Crippen LogP contribution >= 0.6 is 0 Å². The van der Waals surface area contributed by atoms with Gasteiger partial charge in [-0.1, -0.05) is 0 Å². The number of hydrogen-bond donors (Lipinski definition) is 2. The molecule has 0 aliphatic heterocycles. The molecule has 6 heteroatoms. The number of ether oxygens (including phenoxy) is 1. The van der Waals surface area contributed by atoms with E-state index in [-0.39, 0.29) is 24.3 Å². The predicted molar refractivity (Wildman–Crippen MR) is 52.1 cm³/mol. The number of rotatable bonds is 4. The molecule has 0 bridgehead atoms. The van der Waals surface area contributed by atoms with Crippen molar-refractivity contribution < 1.29 is 14.6 Å². The number of aromatic nitrogens is 2. The first-order valence-electron chi connectivity index (χ1n) is 4.40. The van der Waals surface area contributed by atoms with Gasteiger partial charge in [-0.05, 0) is 6.92 Å². The van der Waals surface area contributed by atoms with E-state index in [2.05, 4.69) is 9.97 Å². The monoisotopic (exact) mass is 212 g/mol. The van der Waals surface area contributed by atoms with Crippen molar-refractivity contribution in [3.05, 3.63) is 21.7 Å². The summed E-state index contributed by atoms with van der Waals surface area (Å²) in [5.74, 6) is -0.374. The van der Waals surface area contributed by atoms with Gasteiger partial charge in [0.15, 0.2) is 0 Å². The lowest BCUT2D eigenvalue weighted by Gasteiger charge is -2.04. The fourth-order valence-corrected chi connectivity index (χ4v) is 1.10. The van der Waals surface area contributed by atoms with Crippen LogP contribution in [0.2, 0.25) is 0 Å². The molecule has 0 fully saturated rings. The topological polar surface area (TPSA) is 92.3 Å². The van der Waals surface area contributed by atoms with E-state index in [9.17, 15) is 9.59 Å². The maximum absolute atomic E-state index is 11.3. The van der Waals surface area contributed by atoms with Crippen LogP contribution in [0.15, 0.2) is 4.79 Å². The van der Waals surface area contributed by atoms with E-state index in [1.165, 1.54) is 7.11 Å². The summed E-state index contributed by atoms with van der Waals surface area (Å²) in [7, 11) is 1.41. The summed E-state index contributed by atoms with van der Waals surface area (Å²) < 4.78 is 4.89. The van der Waals surface area contributed by atoms with Crippen molar-refractivity contribution in [2.75, 3.05) is 7.11 Å². The van der Waals surface area contributed by atoms with Crippen LogP contribution in [0.4, 0.5) is 0 Å². The zero-order valence-electron chi connectivity index (χ0n) is 8.53. The first-order valence-corrected chi connectivity index (χ1v) is 4.40. The number of aromatic amines is 1. The minimum absolute atomic E-state index is 0.0743. The maximum Gasteiger partial charge on any atom is 0.303 e. The van der Waals surface area contributed by atoms with Crippen molar-refractivity contribution in [3.63, 3.8) is 0 Å². The van der Waals surface area contributed by atoms with Crippen molar-refractivity contribution in [1.29, 1.82) is 0 Å². The number of aliphatic carboxylic acids is 1. The second-order valence-corrected chi connectivity index (χ2v) is 3.04. The largest absolute Gasteiger partial charge is 0.481 e. The molecule has 1 aromatic heterocycles. The molecule has 1 aromatic rings. The van der Waals surface area contributed by atoms with Crippen molar-refractivity contribution >= 4 is 5.97 Å². The summed E-state index contributed by atoms with van der Waals surface area (Å²) in [5, 5.41) is 8.47. The third-order valence-corrected chi connectivity index (χ3v) is 1.92. The van der Waals surface area contributed by atoms with E-state index in [1.807, 2.05) is 0 Å². The number of H-pyrrole nitrogens is 1. The van der Waals surface area contributed by atoms with Crippen LogP contribution < -0.4 is 10.3 Å². The SMILES string of the molecule is COc1nc(CCC(=O)O)[nH]c(=O)c1C. The van der Waals surface area contributed by atoms with E-state index in [0.29, 0.717) is 11.4 Å². The normalized spacial score (nSPS) is 10.0. The smallest absolute Gasteiger partial charge is 0.303 e. The van der Waals surface area contributed by atoms with Crippen LogP contribution in [0.25, 0.3) is 0 Å². The highest BCUT2D eigenvalue weighted by atomic mass is 16.5. The van der Waals surface area contributed by atoms with Crippen LogP contribution in [0.3, 0.4) is 0 Å². The van der Waals surface area contributed by atoms with E-state index in [4.69, 9.17) is 9.84 Å². The molecule has 82 valence electrons. The molecule has 0 unspecified atom stereocenters. The number of hydrogen-bond acceptors (Lipinski definition) is 4. The zero-order valence-corrected chi connectivity index (χ0v) is 8.53.